The molecule has 4 heteroatoms. The van der Waals surface area contributed by atoms with Crippen molar-refractivity contribution in [3.05, 3.63) is 35.9 Å². The van der Waals surface area contributed by atoms with E-state index in [1.807, 2.05) is 18.2 Å². The predicted molar refractivity (Wildman–Crippen MR) is 70.8 cm³/mol. The third kappa shape index (κ3) is 2.26. The maximum absolute atomic E-state index is 11.6. The fraction of sp³-hybridized carbons (Fsp3) is 0.533. The molecule has 2 aliphatic heterocycles. The van der Waals surface area contributed by atoms with Crippen LogP contribution in [-0.4, -0.2) is 41.8 Å². The van der Waals surface area contributed by atoms with Crippen LogP contribution in [0.2, 0.25) is 0 Å². The van der Waals surface area contributed by atoms with Gasteiger partial charge in [-0.15, -0.1) is 0 Å². The maximum atomic E-state index is 11.6. The van der Waals surface area contributed by atoms with E-state index in [1.54, 1.807) is 0 Å². The number of carboxylic acids is 1. The Hall–Kier alpha value is -1.39. The first kappa shape index (κ1) is 12.6. The van der Waals surface area contributed by atoms with Crippen LogP contribution in [0.4, 0.5) is 0 Å². The van der Waals surface area contributed by atoms with Crippen molar-refractivity contribution in [3.63, 3.8) is 0 Å². The number of aliphatic carboxylic acids is 1. The average molecular weight is 261 g/mol. The van der Waals surface area contributed by atoms with Gasteiger partial charge in [0.05, 0.1) is 6.10 Å². The minimum atomic E-state index is -0.701. The van der Waals surface area contributed by atoms with Crippen molar-refractivity contribution in [3.8, 4) is 0 Å². The molecule has 0 saturated carbocycles. The predicted octanol–water partition coefficient (Wildman–Crippen LogP) is 1.75. The fourth-order valence-corrected chi connectivity index (χ4v) is 3.31. The van der Waals surface area contributed by atoms with E-state index in [1.165, 1.54) is 5.56 Å². The molecule has 2 fully saturated rings. The van der Waals surface area contributed by atoms with Crippen molar-refractivity contribution in [1.29, 1.82) is 0 Å². The molecule has 2 aliphatic rings. The molecule has 0 bridgehead atoms. The molecule has 0 aliphatic carbocycles. The van der Waals surface area contributed by atoms with Crippen LogP contribution in [0.25, 0.3) is 0 Å². The Labute approximate surface area is 113 Å². The average Bonchev–Trinajstić information content (AvgIpc) is 2.84. The summed E-state index contributed by atoms with van der Waals surface area (Å²) >= 11 is 0. The van der Waals surface area contributed by atoms with E-state index >= 15 is 0 Å². The standard InChI is InChI=1S/C15H19NO3/c17-14(18)15-7-9-19-13(15)6-8-16(11-15)10-12-4-2-1-3-5-12/h1-5,13H,6-11H2,(H,17,18)/t13-,15+/m0/s1. The monoisotopic (exact) mass is 261 g/mol. The number of likely N-dealkylation sites (tertiary alicyclic amines) is 1. The summed E-state index contributed by atoms with van der Waals surface area (Å²) < 4.78 is 5.61. The van der Waals surface area contributed by atoms with Gasteiger partial charge in [-0.3, -0.25) is 9.69 Å². The molecule has 102 valence electrons. The molecule has 2 heterocycles. The van der Waals surface area contributed by atoms with Crippen LogP contribution in [0.15, 0.2) is 30.3 Å². The summed E-state index contributed by atoms with van der Waals surface area (Å²) in [7, 11) is 0. The quantitative estimate of drug-likeness (QED) is 0.900. The number of carboxylic acid groups (broad SMARTS) is 1. The zero-order valence-electron chi connectivity index (χ0n) is 10.9. The molecule has 4 nitrogen and oxygen atoms in total. The zero-order valence-corrected chi connectivity index (χ0v) is 10.9. The highest BCUT2D eigenvalue weighted by atomic mass is 16.5. The van der Waals surface area contributed by atoms with Gasteiger partial charge < -0.3 is 9.84 Å². The van der Waals surface area contributed by atoms with Crippen LogP contribution in [0.1, 0.15) is 18.4 Å². The van der Waals surface area contributed by atoms with E-state index in [9.17, 15) is 9.90 Å². The smallest absolute Gasteiger partial charge is 0.313 e. The Morgan fingerprint density at radius 2 is 2.21 bits per heavy atom. The van der Waals surface area contributed by atoms with Gasteiger partial charge in [0.2, 0.25) is 0 Å². The Kier molecular flexibility index (Phi) is 3.29. The highest BCUT2D eigenvalue weighted by molar-refractivity contribution is 5.76. The number of hydrogen-bond donors (Lipinski definition) is 1. The number of fused-ring (bicyclic) bond motifs is 1. The second kappa shape index (κ2) is 4.94. The van der Waals surface area contributed by atoms with E-state index < -0.39 is 11.4 Å². The first-order chi connectivity index (χ1) is 9.21. The van der Waals surface area contributed by atoms with Crippen molar-refractivity contribution >= 4 is 5.97 Å². The maximum Gasteiger partial charge on any atom is 0.313 e. The van der Waals surface area contributed by atoms with E-state index in [0.29, 0.717) is 19.6 Å². The molecule has 0 amide bonds. The van der Waals surface area contributed by atoms with Crippen LogP contribution < -0.4 is 0 Å². The summed E-state index contributed by atoms with van der Waals surface area (Å²) in [6, 6.07) is 10.2. The summed E-state index contributed by atoms with van der Waals surface area (Å²) in [5.41, 5.74) is 0.549. The largest absolute Gasteiger partial charge is 0.481 e. The number of nitrogens with zero attached hydrogens (tertiary/aromatic N) is 1. The molecule has 0 radical (unpaired) electrons. The van der Waals surface area contributed by atoms with Gasteiger partial charge in [0.25, 0.3) is 0 Å². The minimum absolute atomic E-state index is 0.1000. The van der Waals surface area contributed by atoms with E-state index in [-0.39, 0.29) is 6.10 Å². The van der Waals surface area contributed by atoms with Gasteiger partial charge in [-0.2, -0.15) is 0 Å². The van der Waals surface area contributed by atoms with Crippen LogP contribution in [0.3, 0.4) is 0 Å². The number of ether oxygens (including phenoxy) is 1. The molecular formula is C15H19NO3. The number of rotatable bonds is 3. The third-order valence-corrected chi connectivity index (χ3v) is 4.37. The van der Waals surface area contributed by atoms with Crippen molar-refractivity contribution in [2.24, 2.45) is 5.41 Å². The number of carbonyl (C=O) groups is 1. The van der Waals surface area contributed by atoms with Gasteiger partial charge in [-0.05, 0) is 18.4 Å². The molecule has 0 spiro atoms. The minimum Gasteiger partial charge on any atom is -0.481 e. The third-order valence-electron chi connectivity index (χ3n) is 4.37. The lowest BCUT2D eigenvalue weighted by Crippen LogP contribution is -2.53. The Balaban J connectivity index is 1.74. The van der Waals surface area contributed by atoms with Crippen molar-refractivity contribution in [2.45, 2.75) is 25.5 Å². The van der Waals surface area contributed by atoms with Gasteiger partial charge in [-0.25, -0.2) is 0 Å². The molecular weight excluding hydrogens is 242 g/mol. The Morgan fingerprint density at radius 1 is 1.42 bits per heavy atom. The lowest BCUT2D eigenvalue weighted by Gasteiger charge is -2.40. The molecule has 0 unspecified atom stereocenters. The van der Waals surface area contributed by atoms with Crippen LogP contribution in [0, 0.1) is 5.41 Å². The fourth-order valence-electron chi connectivity index (χ4n) is 3.31. The summed E-state index contributed by atoms with van der Waals surface area (Å²) in [5, 5.41) is 9.58. The van der Waals surface area contributed by atoms with E-state index in [2.05, 4.69) is 17.0 Å². The first-order valence-electron chi connectivity index (χ1n) is 6.82. The summed E-state index contributed by atoms with van der Waals surface area (Å²) in [4.78, 5) is 13.9. The number of piperidine rings is 1. The van der Waals surface area contributed by atoms with Crippen LogP contribution in [-0.2, 0) is 16.1 Å². The van der Waals surface area contributed by atoms with Crippen molar-refractivity contribution in [1.82, 2.24) is 4.90 Å². The molecule has 0 aromatic heterocycles. The zero-order chi connectivity index (χ0) is 13.3. The molecule has 19 heavy (non-hydrogen) atoms. The summed E-state index contributed by atoms with van der Waals surface area (Å²) in [6.45, 7) is 2.91. The molecule has 1 aromatic rings. The van der Waals surface area contributed by atoms with Crippen molar-refractivity contribution < 1.29 is 14.6 Å². The molecule has 3 rings (SSSR count). The topological polar surface area (TPSA) is 49.8 Å². The van der Waals surface area contributed by atoms with E-state index in [4.69, 9.17) is 4.74 Å². The molecule has 1 aromatic carbocycles. The van der Waals surface area contributed by atoms with Crippen LogP contribution in [0.5, 0.6) is 0 Å². The highest BCUT2D eigenvalue weighted by Crippen LogP contribution is 2.41. The van der Waals surface area contributed by atoms with Gasteiger partial charge in [-0.1, -0.05) is 30.3 Å². The Bertz CT molecular complexity index is 462. The van der Waals surface area contributed by atoms with Gasteiger partial charge in [0.15, 0.2) is 0 Å². The lowest BCUT2D eigenvalue weighted by molar-refractivity contribution is -0.157. The first-order valence-corrected chi connectivity index (χ1v) is 6.82. The molecule has 1 N–H and O–H groups in total. The highest BCUT2D eigenvalue weighted by Gasteiger charge is 2.53. The summed E-state index contributed by atoms with van der Waals surface area (Å²) in [6.07, 6.45) is 1.36. The number of hydrogen-bond acceptors (Lipinski definition) is 3. The lowest BCUT2D eigenvalue weighted by atomic mass is 9.76. The second-order valence-corrected chi connectivity index (χ2v) is 5.56. The van der Waals surface area contributed by atoms with Crippen LogP contribution >= 0.6 is 0 Å². The van der Waals surface area contributed by atoms with Crippen molar-refractivity contribution in [2.75, 3.05) is 19.7 Å². The second-order valence-electron chi connectivity index (χ2n) is 5.56. The summed E-state index contributed by atoms with van der Waals surface area (Å²) in [5.74, 6) is -0.701. The SMILES string of the molecule is O=C(O)[C@@]12CCO[C@H]1CCN(Cc1ccccc1)C2. The van der Waals surface area contributed by atoms with E-state index in [0.717, 1.165) is 19.5 Å². The van der Waals surface area contributed by atoms with Gasteiger partial charge in [0, 0.05) is 26.2 Å². The Morgan fingerprint density at radius 3 is 2.95 bits per heavy atom. The number of benzene rings is 1. The van der Waals surface area contributed by atoms with Gasteiger partial charge >= 0.3 is 5.97 Å². The van der Waals surface area contributed by atoms with Gasteiger partial charge in [0.1, 0.15) is 5.41 Å². The normalized spacial score (nSPS) is 31.1. The molecule has 2 saturated heterocycles. The molecule has 2 atom stereocenters.